The minimum absolute atomic E-state index is 0.306. The zero-order valence-electron chi connectivity index (χ0n) is 15.4. The lowest BCUT2D eigenvalue weighted by Gasteiger charge is -2.27. The molecule has 0 fully saturated rings. The topological polar surface area (TPSA) is 72.8 Å². The van der Waals surface area contributed by atoms with Gasteiger partial charge < -0.3 is 14.6 Å². The Kier molecular flexibility index (Phi) is 5.87. The lowest BCUT2D eigenvalue weighted by atomic mass is 9.86. The van der Waals surface area contributed by atoms with Crippen molar-refractivity contribution in [3.05, 3.63) is 102 Å². The summed E-state index contributed by atoms with van der Waals surface area (Å²) in [5.41, 5.74) is -1.00. The largest absolute Gasteiger partial charge is 0.496 e. The molecular weight excluding hydrogens is 356 g/mol. The fraction of sp³-hybridized carbons (Fsp3) is 0.130. The van der Waals surface area contributed by atoms with Crippen LogP contribution >= 0.6 is 0 Å². The standard InChI is InChI=1S/C23H20O5/c1-27-21-15-9-8-14-19(21)20(24)16-28-22(25)23(26,17-10-4-2-5-11-17)18-12-6-3-7-13-18/h2-15,26H,16H2,1H3. The number of hydrogen-bond donors (Lipinski definition) is 1. The van der Waals surface area contributed by atoms with Crippen molar-refractivity contribution in [2.45, 2.75) is 5.60 Å². The number of carbonyl (C=O) groups is 2. The molecule has 0 spiro atoms. The van der Waals surface area contributed by atoms with Gasteiger partial charge in [0, 0.05) is 0 Å². The quantitative estimate of drug-likeness (QED) is 0.506. The van der Waals surface area contributed by atoms with E-state index in [0.717, 1.165) is 0 Å². The summed E-state index contributed by atoms with van der Waals surface area (Å²) in [7, 11) is 1.46. The molecule has 3 aromatic carbocycles. The van der Waals surface area contributed by atoms with E-state index in [-0.39, 0.29) is 0 Å². The third-order valence-electron chi connectivity index (χ3n) is 4.42. The van der Waals surface area contributed by atoms with E-state index in [4.69, 9.17) is 9.47 Å². The second kappa shape index (κ2) is 8.50. The molecule has 0 bridgehead atoms. The van der Waals surface area contributed by atoms with Crippen molar-refractivity contribution >= 4 is 11.8 Å². The molecule has 0 radical (unpaired) electrons. The molecule has 0 amide bonds. The molecule has 0 heterocycles. The van der Waals surface area contributed by atoms with E-state index in [1.54, 1.807) is 84.9 Å². The molecule has 1 N–H and O–H groups in total. The number of ether oxygens (including phenoxy) is 2. The van der Waals surface area contributed by atoms with E-state index in [2.05, 4.69) is 0 Å². The van der Waals surface area contributed by atoms with Gasteiger partial charge in [-0.15, -0.1) is 0 Å². The summed E-state index contributed by atoms with van der Waals surface area (Å²) < 4.78 is 10.4. The first-order chi connectivity index (χ1) is 13.6. The van der Waals surface area contributed by atoms with Crippen LogP contribution in [0, 0.1) is 0 Å². The highest BCUT2D eigenvalue weighted by molar-refractivity contribution is 6.00. The van der Waals surface area contributed by atoms with Crippen LogP contribution < -0.4 is 4.74 Å². The molecule has 0 atom stereocenters. The van der Waals surface area contributed by atoms with Gasteiger partial charge in [0.1, 0.15) is 5.75 Å². The molecule has 3 aromatic rings. The van der Waals surface area contributed by atoms with Crippen molar-refractivity contribution in [1.82, 2.24) is 0 Å². The Morgan fingerprint density at radius 3 is 1.86 bits per heavy atom. The molecule has 0 unspecified atom stereocenters. The minimum atomic E-state index is -2.02. The summed E-state index contributed by atoms with van der Waals surface area (Å²) in [6.45, 7) is -0.513. The highest BCUT2D eigenvalue weighted by Gasteiger charge is 2.41. The number of carbonyl (C=O) groups excluding carboxylic acids is 2. The van der Waals surface area contributed by atoms with Gasteiger partial charge in [0.15, 0.2) is 6.61 Å². The second-order valence-corrected chi connectivity index (χ2v) is 6.14. The van der Waals surface area contributed by atoms with Crippen LogP contribution in [-0.2, 0) is 15.1 Å². The monoisotopic (exact) mass is 376 g/mol. The Morgan fingerprint density at radius 2 is 1.32 bits per heavy atom. The lowest BCUT2D eigenvalue weighted by Crippen LogP contribution is -2.39. The van der Waals surface area contributed by atoms with Gasteiger partial charge in [-0.1, -0.05) is 72.8 Å². The average Bonchev–Trinajstić information content (AvgIpc) is 2.77. The smallest absolute Gasteiger partial charge is 0.348 e. The first-order valence-electron chi connectivity index (χ1n) is 8.74. The number of esters is 1. The summed E-state index contributed by atoms with van der Waals surface area (Å²) in [5.74, 6) is -0.952. The predicted octanol–water partition coefficient (Wildman–Crippen LogP) is 3.36. The summed E-state index contributed by atoms with van der Waals surface area (Å²) in [4.78, 5) is 25.4. The van der Waals surface area contributed by atoms with Crippen molar-refractivity contribution in [3.8, 4) is 5.75 Å². The van der Waals surface area contributed by atoms with Crippen LogP contribution in [0.25, 0.3) is 0 Å². The highest BCUT2D eigenvalue weighted by Crippen LogP contribution is 2.31. The van der Waals surface area contributed by atoms with Crippen LogP contribution in [0.1, 0.15) is 21.5 Å². The Balaban J connectivity index is 1.86. The summed E-state index contributed by atoms with van der Waals surface area (Å²) in [6, 6.07) is 23.7. The zero-order chi connectivity index (χ0) is 20.0. The Labute approximate surface area is 163 Å². The molecule has 28 heavy (non-hydrogen) atoms. The van der Waals surface area contributed by atoms with Gasteiger partial charge in [-0.05, 0) is 23.3 Å². The van der Waals surface area contributed by atoms with E-state index in [0.29, 0.717) is 22.4 Å². The van der Waals surface area contributed by atoms with Crippen molar-refractivity contribution in [1.29, 1.82) is 0 Å². The van der Waals surface area contributed by atoms with Gasteiger partial charge >= 0.3 is 5.97 Å². The number of hydrogen-bond acceptors (Lipinski definition) is 5. The Bertz CT molecular complexity index is 911. The molecule has 0 aliphatic rings. The third kappa shape index (κ3) is 3.80. The minimum Gasteiger partial charge on any atom is -0.496 e. The molecule has 5 nitrogen and oxygen atoms in total. The fourth-order valence-electron chi connectivity index (χ4n) is 2.95. The zero-order valence-corrected chi connectivity index (χ0v) is 15.4. The molecule has 142 valence electrons. The number of para-hydroxylation sites is 1. The number of rotatable bonds is 7. The first kappa shape index (κ1) is 19.3. The van der Waals surface area contributed by atoms with E-state index >= 15 is 0 Å². The van der Waals surface area contributed by atoms with Crippen molar-refractivity contribution in [2.24, 2.45) is 0 Å². The normalized spacial score (nSPS) is 10.9. The second-order valence-electron chi connectivity index (χ2n) is 6.14. The molecule has 3 rings (SSSR count). The maximum absolute atomic E-state index is 12.9. The maximum atomic E-state index is 12.9. The van der Waals surface area contributed by atoms with Crippen molar-refractivity contribution in [3.63, 3.8) is 0 Å². The number of aliphatic hydroxyl groups is 1. The summed E-state index contributed by atoms with van der Waals surface area (Å²) in [5, 5.41) is 11.3. The molecule has 0 aromatic heterocycles. The van der Waals surface area contributed by atoms with Gasteiger partial charge in [0.2, 0.25) is 11.4 Å². The van der Waals surface area contributed by atoms with Crippen LogP contribution in [-0.4, -0.2) is 30.6 Å². The molecule has 0 saturated carbocycles. The van der Waals surface area contributed by atoms with Crippen LogP contribution in [0.2, 0.25) is 0 Å². The van der Waals surface area contributed by atoms with Crippen LogP contribution in [0.5, 0.6) is 5.75 Å². The Morgan fingerprint density at radius 1 is 0.821 bits per heavy atom. The van der Waals surface area contributed by atoms with E-state index in [1.807, 2.05) is 0 Å². The maximum Gasteiger partial charge on any atom is 0.348 e. The van der Waals surface area contributed by atoms with Gasteiger partial charge in [0.25, 0.3) is 0 Å². The van der Waals surface area contributed by atoms with E-state index in [9.17, 15) is 14.7 Å². The van der Waals surface area contributed by atoms with Gasteiger partial charge in [-0.25, -0.2) is 4.79 Å². The number of Topliss-reactive ketones (excluding diaryl/α,β-unsaturated/α-hetero) is 1. The van der Waals surface area contributed by atoms with Crippen molar-refractivity contribution in [2.75, 3.05) is 13.7 Å². The number of benzene rings is 3. The van der Waals surface area contributed by atoms with Crippen LogP contribution in [0.15, 0.2) is 84.9 Å². The Hall–Kier alpha value is -3.44. The van der Waals surface area contributed by atoms with E-state index in [1.165, 1.54) is 7.11 Å². The predicted molar refractivity (Wildman–Crippen MR) is 104 cm³/mol. The molecule has 0 saturated heterocycles. The van der Waals surface area contributed by atoms with Crippen LogP contribution in [0.3, 0.4) is 0 Å². The van der Waals surface area contributed by atoms with E-state index < -0.39 is 24.0 Å². The molecular formula is C23H20O5. The van der Waals surface area contributed by atoms with Crippen molar-refractivity contribution < 1.29 is 24.2 Å². The average molecular weight is 376 g/mol. The molecule has 0 aliphatic heterocycles. The fourth-order valence-corrected chi connectivity index (χ4v) is 2.95. The van der Waals surface area contributed by atoms with Gasteiger partial charge in [-0.2, -0.15) is 0 Å². The molecule has 0 aliphatic carbocycles. The number of ketones is 1. The highest BCUT2D eigenvalue weighted by atomic mass is 16.6. The SMILES string of the molecule is COc1ccccc1C(=O)COC(=O)C(O)(c1ccccc1)c1ccccc1. The molecule has 5 heteroatoms. The van der Waals surface area contributed by atoms with Gasteiger partial charge in [0.05, 0.1) is 12.7 Å². The van der Waals surface area contributed by atoms with Gasteiger partial charge in [-0.3, -0.25) is 4.79 Å². The first-order valence-corrected chi connectivity index (χ1v) is 8.74. The van der Waals surface area contributed by atoms with Crippen LogP contribution in [0.4, 0.5) is 0 Å². The lowest BCUT2D eigenvalue weighted by molar-refractivity contribution is -0.160. The summed E-state index contributed by atoms with van der Waals surface area (Å²) in [6.07, 6.45) is 0. The third-order valence-corrected chi connectivity index (χ3v) is 4.42. The number of methoxy groups -OCH3 is 1. The summed E-state index contributed by atoms with van der Waals surface area (Å²) >= 11 is 0.